The summed E-state index contributed by atoms with van der Waals surface area (Å²) in [5, 5.41) is 5.22. The Kier molecular flexibility index (Phi) is 6.97. The minimum atomic E-state index is -0.672. The van der Waals surface area contributed by atoms with Crippen molar-refractivity contribution in [1.29, 1.82) is 0 Å². The molecule has 1 heterocycles. The number of amides is 3. The van der Waals surface area contributed by atoms with Crippen LogP contribution in [0.25, 0.3) is 0 Å². The Labute approximate surface area is 170 Å². The summed E-state index contributed by atoms with van der Waals surface area (Å²) in [6, 6.07) is 16.9. The van der Waals surface area contributed by atoms with Gasteiger partial charge in [0.25, 0.3) is 0 Å². The first kappa shape index (κ1) is 20.5. The van der Waals surface area contributed by atoms with Crippen LogP contribution in [0, 0.1) is 5.92 Å². The summed E-state index contributed by atoms with van der Waals surface area (Å²) < 4.78 is 0. The molecule has 29 heavy (non-hydrogen) atoms. The van der Waals surface area contributed by atoms with Gasteiger partial charge < -0.3 is 21.3 Å². The maximum Gasteiger partial charge on any atom is 0.313 e. The highest BCUT2D eigenvalue weighted by Crippen LogP contribution is 2.22. The Hall–Kier alpha value is -3.19. The Morgan fingerprint density at radius 1 is 0.931 bits per heavy atom. The van der Waals surface area contributed by atoms with E-state index in [0.29, 0.717) is 30.4 Å². The first-order valence-electron chi connectivity index (χ1n) is 9.79. The Morgan fingerprint density at radius 2 is 1.59 bits per heavy atom. The fraction of sp³-hybridized carbons (Fsp3) is 0.318. The van der Waals surface area contributed by atoms with E-state index in [4.69, 9.17) is 5.73 Å². The number of benzene rings is 2. The summed E-state index contributed by atoms with van der Waals surface area (Å²) >= 11 is 0. The molecule has 1 saturated heterocycles. The highest BCUT2D eigenvalue weighted by Gasteiger charge is 2.27. The number of nitrogens with one attached hydrogen (secondary N) is 2. The quantitative estimate of drug-likeness (QED) is 0.675. The van der Waals surface area contributed by atoms with Crippen LogP contribution in [0.2, 0.25) is 0 Å². The molecule has 3 amide bonds. The maximum absolute atomic E-state index is 12.5. The summed E-state index contributed by atoms with van der Waals surface area (Å²) in [5.41, 5.74) is 7.53. The van der Waals surface area contributed by atoms with Gasteiger partial charge >= 0.3 is 11.8 Å². The molecule has 7 heteroatoms. The van der Waals surface area contributed by atoms with Crippen molar-refractivity contribution in [2.75, 3.05) is 30.3 Å². The van der Waals surface area contributed by atoms with Crippen LogP contribution in [0.15, 0.2) is 54.6 Å². The molecule has 0 unspecified atom stereocenters. The fourth-order valence-electron chi connectivity index (χ4n) is 3.50. The lowest BCUT2D eigenvalue weighted by Crippen LogP contribution is -2.44. The van der Waals surface area contributed by atoms with Gasteiger partial charge in [0.15, 0.2) is 0 Å². The molecule has 152 valence electrons. The molecule has 1 aliphatic rings. The van der Waals surface area contributed by atoms with E-state index >= 15 is 0 Å². The zero-order valence-corrected chi connectivity index (χ0v) is 16.3. The van der Waals surface area contributed by atoms with Gasteiger partial charge in [0.2, 0.25) is 5.91 Å². The lowest BCUT2D eigenvalue weighted by molar-refractivity contribution is -0.144. The number of rotatable bonds is 5. The van der Waals surface area contributed by atoms with Gasteiger partial charge in [0, 0.05) is 24.5 Å². The Morgan fingerprint density at radius 3 is 2.24 bits per heavy atom. The number of carbonyl (C=O) groups excluding carboxylic acids is 3. The van der Waals surface area contributed by atoms with Crippen LogP contribution in [-0.2, 0) is 20.8 Å². The third kappa shape index (κ3) is 5.89. The van der Waals surface area contributed by atoms with Crippen LogP contribution in [0.1, 0.15) is 18.4 Å². The first-order chi connectivity index (χ1) is 14.0. The molecule has 7 nitrogen and oxygen atoms in total. The van der Waals surface area contributed by atoms with Crippen molar-refractivity contribution in [3.05, 3.63) is 60.2 Å². The van der Waals surface area contributed by atoms with Crippen molar-refractivity contribution < 1.29 is 14.4 Å². The number of hydrogen-bond acceptors (Lipinski definition) is 4. The van der Waals surface area contributed by atoms with Crippen molar-refractivity contribution in [2.24, 2.45) is 11.7 Å². The zero-order valence-electron chi connectivity index (χ0n) is 16.3. The molecule has 4 N–H and O–H groups in total. The van der Waals surface area contributed by atoms with E-state index < -0.39 is 11.8 Å². The van der Waals surface area contributed by atoms with E-state index in [0.717, 1.165) is 19.3 Å². The number of nitrogens with zero attached hydrogens (tertiary/aromatic N) is 1. The lowest BCUT2D eigenvalue weighted by atomic mass is 9.90. The molecule has 0 aliphatic carbocycles. The van der Waals surface area contributed by atoms with Gasteiger partial charge in [-0.05, 0) is 48.9 Å². The highest BCUT2D eigenvalue weighted by atomic mass is 16.2. The summed E-state index contributed by atoms with van der Waals surface area (Å²) in [5.74, 6) is -1.01. The smallest absolute Gasteiger partial charge is 0.313 e. The van der Waals surface area contributed by atoms with Gasteiger partial charge in [-0.3, -0.25) is 14.4 Å². The number of piperidine rings is 1. The third-order valence-electron chi connectivity index (χ3n) is 5.05. The topological polar surface area (TPSA) is 105 Å². The molecule has 0 spiro atoms. The maximum atomic E-state index is 12.5. The zero-order chi connectivity index (χ0) is 20.6. The van der Waals surface area contributed by atoms with Crippen LogP contribution >= 0.6 is 0 Å². The fourth-order valence-corrected chi connectivity index (χ4v) is 3.50. The van der Waals surface area contributed by atoms with Crippen molar-refractivity contribution in [2.45, 2.75) is 19.3 Å². The summed E-state index contributed by atoms with van der Waals surface area (Å²) in [6.45, 7) is 1.03. The van der Waals surface area contributed by atoms with Crippen LogP contribution in [0.4, 0.5) is 11.4 Å². The monoisotopic (exact) mass is 394 g/mol. The average molecular weight is 394 g/mol. The SMILES string of the molecule is NCC(=O)Nc1cccc(NC(=O)C(=O)N2CCC(Cc3ccccc3)CC2)c1. The van der Waals surface area contributed by atoms with Crippen LogP contribution in [-0.4, -0.2) is 42.3 Å². The van der Waals surface area contributed by atoms with Crippen molar-refractivity contribution in [1.82, 2.24) is 4.90 Å². The number of carbonyl (C=O) groups is 3. The first-order valence-corrected chi connectivity index (χ1v) is 9.79. The second kappa shape index (κ2) is 9.84. The third-order valence-corrected chi connectivity index (χ3v) is 5.05. The summed E-state index contributed by atoms with van der Waals surface area (Å²) in [4.78, 5) is 37.9. The molecule has 2 aromatic carbocycles. The normalized spacial score (nSPS) is 14.3. The largest absolute Gasteiger partial charge is 0.334 e. The van der Waals surface area contributed by atoms with Gasteiger partial charge in [-0.25, -0.2) is 0 Å². The van der Waals surface area contributed by atoms with Crippen LogP contribution < -0.4 is 16.4 Å². The molecule has 2 aromatic rings. The molecule has 3 rings (SSSR count). The lowest BCUT2D eigenvalue weighted by Gasteiger charge is -2.31. The molecule has 0 aromatic heterocycles. The molecule has 0 atom stereocenters. The Balaban J connectivity index is 1.50. The second-order valence-electron chi connectivity index (χ2n) is 7.21. The van der Waals surface area contributed by atoms with E-state index in [1.54, 1.807) is 29.2 Å². The van der Waals surface area contributed by atoms with Crippen molar-refractivity contribution in [3.8, 4) is 0 Å². The van der Waals surface area contributed by atoms with E-state index in [1.165, 1.54) is 5.56 Å². The molecule has 0 bridgehead atoms. The number of likely N-dealkylation sites (tertiary alicyclic amines) is 1. The predicted molar refractivity (Wildman–Crippen MR) is 112 cm³/mol. The van der Waals surface area contributed by atoms with Crippen molar-refractivity contribution in [3.63, 3.8) is 0 Å². The summed E-state index contributed by atoms with van der Waals surface area (Å²) in [7, 11) is 0. The van der Waals surface area contributed by atoms with E-state index in [2.05, 4.69) is 22.8 Å². The summed E-state index contributed by atoms with van der Waals surface area (Å²) in [6.07, 6.45) is 2.76. The van der Waals surface area contributed by atoms with Gasteiger partial charge in [-0.15, -0.1) is 0 Å². The number of nitrogens with two attached hydrogens (primary N) is 1. The minimum Gasteiger partial charge on any atom is -0.334 e. The molecule has 0 radical (unpaired) electrons. The van der Waals surface area contributed by atoms with E-state index in [-0.39, 0.29) is 12.5 Å². The average Bonchev–Trinajstić information content (AvgIpc) is 2.74. The van der Waals surface area contributed by atoms with Crippen LogP contribution in [0.5, 0.6) is 0 Å². The molecular formula is C22H26N4O3. The number of hydrogen-bond donors (Lipinski definition) is 3. The second-order valence-corrected chi connectivity index (χ2v) is 7.21. The molecule has 1 fully saturated rings. The van der Waals surface area contributed by atoms with E-state index in [9.17, 15) is 14.4 Å². The van der Waals surface area contributed by atoms with Crippen molar-refractivity contribution >= 4 is 29.1 Å². The van der Waals surface area contributed by atoms with Gasteiger partial charge in [0.05, 0.1) is 6.54 Å². The van der Waals surface area contributed by atoms with Gasteiger partial charge in [-0.1, -0.05) is 36.4 Å². The van der Waals surface area contributed by atoms with E-state index in [1.807, 2.05) is 18.2 Å². The molecular weight excluding hydrogens is 368 g/mol. The minimum absolute atomic E-state index is 0.130. The predicted octanol–water partition coefficient (Wildman–Crippen LogP) is 2.00. The standard InChI is InChI=1S/C22H26N4O3/c23-15-20(27)24-18-7-4-8-19(14-18)25-21(28)22(29)26-11-9-17(10-12-26)13-16-5-2-1-3-6-16/h1-8,14,17H,9-13,15,23H2,(H,24,27)(H,25,28). The molecule has 0 saturated carbocycles. The Bertz CT molecular complexity index is 861. The van der Waals surface area contributed by atoms with Gasteiger partial charge in [-0.2, -0.15) is 0 Å². The van der Waals surface area contributed by atoms with Crippen LogP contribution in [0.3, 0.4) is 0 Å². The molecule has 1 aliphatic heterocycles. The van der Waals surface area contributed by atoms with Gasteiger partial charge in [0.1, 0.15) is 0 Å². The number of anilines is 2. The highest BCUT2D eigenvalue weighted by molar-refractivity contribution is 6.39.